The topological polar surface area (TPSA) is 56.7 Å². The Hall–Kier alpha value is -2.38. The summed E-state index contributed by atoms with van der Waals surface area (Å²) in [5.41, 5.74) is 4.43. The highest BCUT2D eigenvalue weighted by Gasteiger charge is 2.12. The van der Waals surface area contributed by atoms with E-state index in [-0.39, 0.29) is 0 Å². The molecule has 3 heterocycles. The molecule has 126 valence electrons. The number of oxazole rings is 1. The average Bonchev–Trinajstić information content (AvgIpc) is 3.34. The molecule has 0 amide bonds. The van der Waals surface area contributed by atoms with Crippen LogP contribution >= 0.6 is 23.1 Å². The quantitative estimate of drug-likeness (QED) is 0.469. The van der Waals surface area contributed by atoms with Gasteiger partial charge in [0.25, 0.3) is 0 Å². The second kappa shape index (κ2) is 6.85. The standard InChI is InChI=1S/C18H16N4OS2/c1-12-5-6-15(13(2)8-12)22-11-19-21-18(22)25-10-14-9-23-17(20-14)16-4-3-7-24-16/h3-9,11H,10H2,1-2H3. The molecular weight excluding hydrogens is 352 g/mol. The lowest BCUT2D eigenvalue weighted by Gasteiger charge is -2.09. The summed E-state index contributed by atoms with van der Waals surface area (Å²) in [6.45, 7) is 4.19. The molecule has 1 aromatic carbocycles. The maximum Gasteiger partial charge on any atom is 0.236 e. The predicted octanol–water partition coefficient (Wildman–Crippen LogP) is 4.89. The number of hydrogen-bond donors (Lipinski definition) is 0. The van der Waals surface area contributed by atoms with Gasteiger partial charge in [0.05, 0.1) is 16.3 Å². The molecule has 5 nitrogen and oxygen atoms in total. The average molecular weight is 368 g/mol. The molecule has 0 spiro atoms. The fourth-order valence-corrected chi connectivity index (χ4v) is 4.04. The van der Waals surface area contributed by atoms with Crippen molar-refractivity contribution in [1.82, 2.24) is 19.7 Å². The summed E-state index contributed by atoms with van der Waals surface area (Å²) in [5, 5.41) is 11.2. The van der Waals surface area contributed by atoms with E-state index in [1.807, 2.05) is 22.1 Å². The Bertz CT molecular complexity index is 988. The van der Waals surface area contributed by atoms with E-state index in [4.69, 9.17) is 4.42 Å². The number of nitrogens with zero attached hydrogens (tertiary/aromatic N) is 4. The Morgan fingerprint density at radius 3 is 2.96 bits per heavy atom. The minimum absolute atomic E-state index is 0.668. The molecule has 0 atom stereocenters. The van der Waals surface area contributed by atoms with Crippen molar-refractivity contribution < 1.29 is 4.42 Å². The van der Waals surface area contributed by atoms with E-state index in [0.29, 0.717) is 11.6 Å². The van der Waals surface area contributed by atoms with Crippen LogP contribution in [0, 0.1) is 13.8 Å². The van der Waals surface area contributed by atoms with E-state index >= 15 is 0 Å². The molecular formula is C18H16N4OS2. The highest BCUT2D eigenvalue weighted by molar-refractivity contribution is 7.98. The first kappa shape index (κ1) is 16.1. The van der Waals surface area contributed by atoms with Gasteiger partial charge < -0.3 is 4.42 Å². The summed E-state index contributed by atoms with van der Waals surface area (Å²) in [6, 6.07) is 10.4. The summed E-state index contributed by atoms with van der Waals surface area (Å²) < 4.78 is 7.58. The lowest BCUT2D eigenvalue weighted by molar-refractivity contribution is 0.575. The molecule has 0 aliphatic carbocycles. The van der Waals surface area contributed by atoms with Gasteiger partial charge >= 0.3 is 0 Å². The van der Waals surface area contributed by atoms with Gasteiger partial charge in [-0.3, -0.25) is 4.57 Å². The van der Waals surface area contributed by atoms with Crippen molar-refractivity contribution in [2.24, 2.45) is 0 Å². The van der Waals surface area contributed by atoms with Crippen molar-refractivity contribution in [1.29, 1.82) is 0 Å². The summed E-state index contributed by atoms with van der Waals surface area (Å²) in [7, 11) is 0. The van der Waals surface area contributed by atoms with E-state index in [2.05, 4.69) is 47.2 Å². The van der Waals surface area contributed by atoms with Crippen LogP contribution in [0.5, 0.6) is 0 Å². The molecule has 0 saturated heterocycles. The minimum Gasteiger partial charge on any atom is -0.444 e. The number of thioether (sulfide) groups is 1. The smallest absolute Gasteiger partial charge is 0.236 e. The SMILES string of the molecule is Cc1ccc(-n2cnnc2SCc2coc(-c3cccs3)n2)c(C)c1. The number of rotatable bonds is 5. The van der Waals surface area contributed by atoms with Crippen molar-refractivity contribution in [3.63, 3.8) is 0 Å². The van der Waals surface area contributed by atoms with Crippen LogP contribution in [0.1, 0.15) is 16.8 Å². The minimum atomic E-state index is 0.668. The lowest BCUT2D eigenvalue weighted by Crippen LogP contribution is -1.98. The summed E-state index contributed by atoms with van der Waals surface area (Å²) in [5.74, 6) is 1.35. The van der Waals surface area contributed by atoms with Crippen molar-refractivity contribution in [2.75, 3.05) is 0 Å². The summed E-state index contributed by atoms with van der Waals surface area (Å²) in [6.07, 6.45) is 3.46. The molecule has 4 rings (SSSR count). The van der Waals surface area contributed by atoms with Crippen molar-refractivity contribution in [2.45, 2.75) is 24.8 Å². The fourth-order valence-electron chi connectivity index (χ4n) is 2.59. The van der Waals surface area contributed by atoms with Gasteiger partial charge in [-0.1, -0.05) is 35.5 Å². The maximum absolute atomic E-state index is 5.57. The molecule has 0 unspecified atom stereocenters. The highest BCUT2D eigenvalue weighted by atomic mass is 32.2. The van der Waals surface area contributed by atoms with Crippen LogP contribution < -0.4 is 0 Å². The second-order valence-electron chi connectivity index (χ2n) is 5.68. The molecule has 0 radical (unpaired) electrons. The number of aromatic nitrogens is 4. The zero-order chi connectivity index (χ0) is 17.2. The lowest BCUT2D eigenvalue weighted by atomic mass is 10.1. The van der Waals surface area contributed by atoms with Crippen LogP contribution in [0.2, 0.25) is 0 Å². The third kappa shape index (κ3) is 3.38. The molecule has 3 aromatic heterocycles. The molecule has 0 aliphatic heterocycles. The van der Waals surface area contributed by atoms with E-state index in [1.54, 1.807) is 35.7 Å². The Morgan fingerprint density at radius 2 is 2.16 bits per heavy atom. The van der Waals surface area contributed by atoms with Crippen LogP contribution in [0.3, 0.4) is 0 Å². The largest absolute Gasteiger partial charge is 0.444 e. The Morgan fingerprint density at radius 1 is 1.24 bits per heavy atom. The predicted molar refractivity (Wildman–Crippen MR) is 100 cm³/mol. The third-order valence-corrected chi connectivity index (χ3v) is 5.60. The molecule has 0 N–H and O–H groups in total. The second-order valence-corrected chi connectivity index (χ2v) is 7.57. The normalized spacial score (nSPS) is 11.1. The Labute approximate surface area is 153 Å². The number of hydrogen-bond acceptors (Lipinski definition) is 6. The molecule has 0 bridgehead atoms. The highest BCUT2D eigenvalue weighted by Crippen LogP contribution is 2.28. The van der Waals surface area contributed by atoms with Crippen LogP contribution in [0.25, 0.3) is 16.5 Å². The first-order valence-corrected chi connectivity index (χ1v) is 9.66. The number of aryl methyl sites for hydroxylation is 2. The molecule has 0 aliphatic rings. The van der Waals surface area contributed by atoms with Gasteiger partial charge in [-0.25, -0.2) is 4.98 Å². The van der Waals surface area contributed by atoms with Gasteiger partial charge in [0.1, 0.15) is 12.6 Å². The monoisotopic (exact) mass is 368 g/mol. The zero-order valence-electron chi connectivity index (χ0n) is 13.8. The Balaban J connectivity index is 1.52. The zero-order valence-corrected chi connectivity index (χ0v) is 15.5. The van der Waals surface area contributed by atoms with Crippen LogP contribution in [0.15, 0.2) is 57.9 Å². The molecule has 0 saturated carbocycles. The summed E-state index contributed by atoms with van der Waals surface area (Å²) >= 11 is 3.21. The van der Waals surface area contributed by atoms with Gasteiger partial charge in [-0.05, 0) is 36.9 Å². The van der Waals surface area contributed by atoms with E-state index in [0.717, 1.165) is 21.4 Å². The van der Waals surface area contributed by atoms with E-state index in [1.165, 1.54) is 11.1 Å². The Kier molecular flexibility index (Phi) is 4.42. The number of thiophene rings is 1. The number of benzene rings is 1. The van der Waals surface area contributed by atoms with Crippen LogP contribution in [0.4, 0.5) is 0 Å². The molecule has 0 fully saturated rings. The van der Waals surface area contributed by atoms with E-state index < -0.39 is 0 Å². The van der Waals surface area contributed by atoms with Gasteiger partial charge in [0, 0.05) is 5.75 Å². The first-order valence-electron chi connectivity index (χ1n) is 7.79. The summed E-state index contributed by atoms with van der Waals surface area (Å²) in [4.78, 5) is 5.59. The van der Waals surface area contributed by atoms with E-state index in [9.17, 15) is 0 Å². The van der Waals surface area contributed by atoms with Crippen molar-refractivity contribution >= 4 is 23.1 Å². The molecule has 7 heteroatoms. The van der Waals surface area contributed by atoms with Gasteiger partial charge in [-0.15, -0.1) is 21.5 Å². The van der Waals surface area contributed by atoms with Crippen molar-refractivity contribution in [3.05, 3.63) is 65.1 Å². The molecule has 4 aromatic rings. The third-order valence-electron chi connectivity index (χ3n) is 3.76. The van der Waals surface area contributed by atoms with Crippen LogP contribution in [-0.4, -0.2) is 19.7 Å². The van der Waals surface area contributed by atoms with Gasteiger partial charge in [-0.2, -0.15) is 0 Å². The first-order chi connectivity index (χ1) is 12.2. The molecule has 25 heavy (non-hydrogen) atoms. The fraction of sp³-hybridized carbons (Fsp3) is 0.167. The van der Waals surface area contributed by atoms with Gasteiger partial charge in [0.15, 0.2) is 5.16 Å². The van der Waals surface area contributed by atoms with Gasteiger partial charge in [0.2, 0.25) is 5.89 Å². The van der Waals surface area contributed by atoms with Crippen LogP contribution in [-0.2, 0) is 5.75 Å². The van der Waals surface area contributed by atoms with Crippen molar-refractivity contribution in [3.8, 4) is 16.5 Å². The maximum atomic E-state index is 5.57.